The highest BCUT2D eigenvalue weighted by molar-refractivity contribution is 6.31. The fourth-order valence-electron chi connectivity index (χ4n) is 1.89. The van der Waals surface area contributed by atoms with Gasteiger partial charge in [0.2, 0.25) is 5.91 Å². The Balaban J connectivity index is 2.19. The van der Waals surface area contributed by atoms with Crippen molar-refractivity contribution in [2.45, 2.75) is 26.8 Å². The second-order valence-corrected chi connectivity index (χ2v) is 4.98. The average molecular weight is 294 g/mol. The SMILES string of the molecule is Cc1nc(C)n(C(C)C(=O)Nc2cc(Cl)ccc2N)n1. The van der Waals surface area contributed by atoms with E-state index in [-0.39, 0.29) is 5.91 Å². The number of rotatable bonds is 3. The van der Waals surface area contributed by atoms with Crippen molar-refractivity contribution in [3.8, 4) is 0 Å². The molecular formula is C13H16ClN5O. The second-order valence-electron chi connectivity index (χ2n) is 4.55. The van der Waals surface area contributed by atoms with Crippen molar-refractivity contribution >= 4 is 28.9 Å². The Morgan fingerprint density at radius 1 is 1.45 bits per heavy atom. The van der Waals surface area contributed by atoms with Crippen LogP contribution in [0.1, 0.15) is 24.6 Å². The van der Waals surface area contributed by atoms with E-state index in [1.165, 1.54) is 0 Å². The van der Waals surface area contributed by atoms with Crippen LogP contribution in [0.3, 0.4) is 0 Å². The fourth-order valence-corrected chi connectivity index (χ4v) is 2.06. The minimum absolute atomic E-state index is 0.230. The molecular weight excluding hydrogens is 278 g/mol. The van der Waals surface area contributed by atoms with Gasteiger partial charge in [-0.2, -0.15) is 5.10 Å². The van der Waals surface area contributed by atoms with Crippen molar-refractivity contribution in [2.24, 2.45) is 0 Å². The molecule has 1 aromatic carbocycles. The third-order valence-electron chi connectivity index (χ3n) is 2.93. The van der Waals surface area contributed by atoms with Crippen LogP contribution in [-0.2, 0) is 4.79 Å². The zero-order chi connectivity index (χ0) is 14.9. The molecule has 0 aliphatic rings. The third-order valence-corrected chi connectivity index (χ3v) is 3.16. The summed E-state index contributed by atoms with van der Waals surface area (Å²) in [5.41, 5.74) is 6.75. The summed E-state index contributed by atoms with van der Waals surface area (Å²) in [6, 6.07) is 4.43. The number of nitrogen functional groups attached to an aromatic ring is 1. The summed E-state index contributed by atoms with van der Waals surface area (Å²) in [4.78, 5) is 16.4. The van der Waals surface area contributed by atoms with Crippen LogP contribution in [-0.4, -0.2) is 20.7 Å². The molecule has 0 fully saturated rings. The predicted molar refractivity (Wildman–Crippen MR) is 78.7 cm³/mol. The van der Waals surface area contributed by atoms with E-state index in [9.17, 15) is 4.79 Å². The van der Waals surface area contributed by atoms with Gasteiger partial charge in [-0.05, 0) is 39.0 Å². The molecule has 1 heterocycles. The van der Waals surface area contributed by atoms with Crippen LogP contribution in [0.4, 0.5) is 11.4 Å². The predicted octanol–water partition coefficient (Wildman–Crippen LogP) is 2.33. The summed E-state index contributed by atoms with van der Waals surface area (Å²) in [5, 5.41) is 7.46. The maximum absolute atomic E-state index is 12.2. The van der Waals surface area contributed by atoms with Gasteiger partial charge in [0.25, 0.3) is 0 Å². The molecule has 6 nitrogen and oxygen atoms in total. The van der Waals surface area contributed by atoms with E-state index in [2.05, 4.69) is 15.4 Å². The van der Waals surface area contributed by atoms with Crippen molar-refractivity contribution in [2.75, 3.05) is 11.1 Å². The van der Waals surface area contributed by atoms with E-state index >= 15 is 0 Å². The van der Waals surface area contributed by atoms with Crippen LogP contribution in [0.2, 0.25) is 5.02 Å². The van der Waals surface area contributed by atoms with Crippen LogP contribution in [0.15, 0.2) is 18.2 Å². The molecule has 3 N–H and O–H groups in total. The molecule has 1 unspecified atom stereocenters. The fraction of sp³-hybridized carbons (Fsp3) is 0.308. The van der Waals surface area contributed by atoms with Crippen molar-refractivity contribution in [1.82, 2.24) is 14.8 Å². The first-order valence-electron chi connectivity index (χ1n) is 6.14. The van der Waals surface area contributed by atoms with Crippen LogP contribution < -0.4 is 11.1 Å². The van der Waals surface area contributed by atoms with Gasteiger partial charge in [0, 0.05) is 5.02 Å². The van der Waals surface area contributed by atoms with Crippen LogP contribution in [0.25, 0.3) is 0 Å². The molecule has 20 heavy (non-hydrogen) atoms. The zero-order valence-electron chi connectivity index (χ0n) is 11.5. The van der Waals surface area contributed by atoms with Gasteiger partial charge in [-0.15, -0.1) is 0 Å². The highest BCUT2D eigenvalue weighted by Gasteiger charge is 2.19. The zero-order valence-corrected chi connectivity index (χ0v) is 12.3. The molecule has 1 atom stereocenters. The molecule has 0 saturated heterocycles. The summed E-state index contributed by atoms with van der Waals surface area (Å²) >= 11 is 5.89. The lowest BCUT2D eigenvalue weighted by molar-refractivity contribution is -0.119. The number of benzene rings is 1. The normalized spacial score (nSPS) is 12.2. The van der Waals surface area contributed by atoms with E-state index in [0.29, 0.717) is 28.0 Å². The van der Waals surface area contributed by atoms with Crippen molar-refractivity contribution in [3.63, 3.8) is 0 Å². The summed E-state index contributed by atoms with van der Waals surface area (Å²) < 4.78 is 1.57. The maximum Gasteiger partial charge on any atom is 0.249 e. The number of hydrogen-bond donors (Lipinski definition) is 2. The smallest absolute Gasteiger partial charge is 0.249 e. The highest BCUT2D eigenvalue weighted by atomic mass is 35.5. The number of carbonyl (C=O) groups is 1. The van der Waals surface area contributed by atoms with E-state index in [4.69, 9.17) is 17.3 Å². The lowest BCUT2D eigenvalue weighted by atomic mass is 10.2. The molecule has 0 aliphatic carbocycles. The van der Waals surface area contributed by atoms with Gasteiger partial charge < -0.3 is 11.1 Å². The molecule has 0 aliphatic heterocycles. The van der Waals surface area contributed by atoms with Gasteiger partial charge >= 0.3 is 0 Å². The van der Waals surface area contributed by atoms with E-state index in [0.717, 1.165) is 0 Å². The van der Waals surface area contributed by atoms with Gasteiger partial charge in [-0.25, -0.2) is 9.67 Å². The molecule has 106 valence electrons. The Bertz CT molecular complexity index is 652. The summed E-state index contributed by atoms with van der Waals surface area (Å²) in [7, 11) is 0. The number of halogens is 1. The first-order chi connectivity index (χ1) is 9.38. The topological polar surface area (TPSA) is 85.8 Å². The molecule has 0 bridgehead atoms. The van der Waals surface area contributed by atoms with Gasteiger partial charge in [-0.3, -0.25) is 4.79 Å². The molecule has 1 aromatic heterocycles. The Kier molecular flexibility index (Phi) is 3.94. The standard InChI is InChI=1S/C13H16ClN5O/c1-7(19-9(3)16-8(2)18-19)13(20)17-12-6-10(14)4-5-11(12)15/h4-7H,15H2,1-3H3,(H,17,20). The van der Waals surface area contributed by atoms with Gasteiger partial charge in [0.15, 0.2) is 0 Å². The first-order valence-corrected chi connectivity index (χ1v) is 6.52. The Morgan fingerprint density at radius 2 is 2.15 bits per heavy atom. The average Bonchev–Trinajstić information content (AvgIpc) is 2.72. The minimum Gasteiger partial charge on any atom is -0.397 e. The lowest BCUT2D eigenvalue weighted by Crippen LogP contribution is -2.25. The maximum atomic E-state index is 12.2. The molecule has 2 rings (SSSR count). The number of aryl methyl sites for hydroxylation is 2. The van der Waals surface area contributed by atoms with Crippen LogP contribution in [0, 0.1) is 13.8 Å². The molecule has 1 amide bonds. The van der Waals surface area contributed by atoms with Gasteiger partial charge in [-0.1, -0.05) is 11.6 Å². The molecule has 2 aromatic rings. The Morgan fingerprint density at radius 3 is 2.75 bits per heavy atom. The van der Waals surface area contributed by atoms with E-state index in [1.807, 2.05) is 0 Å². The van der Waals surface area contributed by atoms with Crippen LogP contribution in [0.5, 0.6) is 0 Å². The number of nitrogens with two attached hydrogens (primary N) is 1. The highest BCUT2D eigenvalue weighted by Crippen LogP contribution is 2.24. The number of aromatic nitrogens is 3. The Labute approximate surface area is 121 Å². The lowest BCUT2D eigenvalue weighted by Gasteiger charge is -2.15. The van der Waals surface area contributed by atoms with E-state index in [1.54, 1.807) is 43.7 Å². The van der Waals surface area contributed by atoms with Crippen molar-refractivity contribution in [1.29, 1.82) is 0 Å². The quantitative estimate of drug-likeness (QED) is 0.851. The number of nitrogens with zero attached hydrogens (tertiary/aromatic N) is 3. The minimum atomic E-state index is -0.491. The first kappa shape index (κ1) is 14.3. The molecule has 0 radical (unpaired) electrons. The van der Waals surface area contributed by atoms with Crippen molar-refractivity contribution < 1.29 is 4.79 Å². The Hall–Kier alpha value is -2.08. The van der Waals surface area contributed by atoms with E-state index < -0.39 is 6.04 Å². The molecule has 0 spiro atoms. The summed E-state index contributed by atoms with van der Waals surface area (Å²) in [6.07, 6.45) is 0. The number of nitrogens with one attached hydrogen (secondary N) is 1. The number of anilines is 2. The largest absolute Gasteiger partial charge is 0.397 e. The summed E-state index contributed by atoms with van der Waals surface area (Å²) in [5.74, 6) is 1.08. The van der Waals surface area contributed by atoms with Gasteiger partial charge in [0.05, 0.1) is 11.4 Å². The van der Waals surface area contributed by atoms with Crippen LogP contribution >= 0.6 is 11.6 Å². The number of amides is 1. The molecule has 7 heteroatoms. The number of hydrogen-bond acceptors (Lipinski definition) is 4. The van der Waals surface area contributed by atoms with Crippen molar-refractivity contribution in [3.05, 3.63) is 34.9 Å². The van der Waals surface area contributed by atoms with Gasteiger partial charge in [0.1, 0.15) is 17.7 Å². The molecule has 0 saturated carbocycles. The third kappa shape index (κ3) is 2.91. The second kappa shape index (κ2) is 5.50. The summed E-state index contributed by atoms with van der Waals surface area (Å²) in [6.45, 7) is 5.33. The monoisotopic (exact) mass is 293 g/mol. The number of carbonyl (C=O) groups excluding carboxylic acids is 1.